The fourth-order valence-electron chi connectivity index (χ4n) is 3.11. The normalized spacial score (nSPS) is 10.9. The number of aryl methyl sites for hydroxylation is 1. The van der Waals surface area contributed by atoms with Crippen molar-refractivity contribution in [3.8, 4) is 16.9 Å². The lowest BCUT2D eigenvalue weighted by Crippen LogP contribution is -2.02. The highest BCUT2D eigenvalue weighted by molar-refractivity contribution is 5.68. The summed E-state index contributed by atoms with van der Waals surface area (Å²) in [6.07, 6.45) is 5.87. The molecule has 3 nitrogen and oxygen atoms in total. The molecule has 2 aromatic carbocycles. The lowest BCUT2D eigenvalue weighted by atomic mass is 10.0. The molecule has 1 aromatic heterocycles. The van der Waals surface area contributed by atoms with Gasteiger partial charge in [0.05, 0.1) is 11.4 Å². The minimum Gasteiger partial charge on any atom is -0.369 e. The van der Waals surface area contributed by atoms with Gasteiger partial charge >= 0.3 is 0 Å². The number of nitrogen functional groups attached to an aromatic ring is 1. The molecule has 0 aliphatic rings. The summed E-state index contributed by atoms with van der Waals surface area (Å²) in [6, 6.07) is 20.7. The highest BCUT2D eigenvalue weighted by atomic mass is 15.2. The van der Waals surface area contributed by atoms with Crippen molar-refractivity contribution in [1.82, 2.24) is 9.55 Å². The number of rotatable bonds is 7. The van der Waals surface area contributed by atoms with Gasteiger partial charge < -0.3 is 5.73 Å². The third kappa shape index (κ3) is 3.51. The maximum absolute atomic E-state index is 6.29. The first-order chi connectivity index (χ1) is 11.8. The molecule has 0 fully saturated rings. The molecule has 0 atom stereocenters. The first kappa shape index (κ1) is 16.3. The second-order valence-corrected chi connectivity index (χ2v) is 6.11. The highest BCUT2D eigenvalue weighted by Crippen LogP contribution is 2.30. The van der Waals surface area contributed by atoms with E-state index in [-0.39, 0.29) is 0 Å². The summed E-state index contributed by atoms with van der Waals surface area (Å²) in [5.74, 6) is 0.561. The van der Waals surface area contributed by atoms with Gasteiger partial charge in [0.1, 0.15) is 0 Å². The predicted molar refractivity (Wildman–Crippen MR) is 101 cm³/mol. The summed E-state index contributed by atoms with van der Waals surface area (Å²) in [5.41, 5.74) is 10.7. The Labute approximate surface area is 144 Å². The lowest BCUT2D eigenvalue weighted by Gasteiger charge is -2.11. The molecule has 0 unspecified atom stereocenters. The topological polar surface area (TPSA) is 43.8 Å². The first-order valence-corrected chi connectivity index (χ1v) is 8.79. The molecule has 0 saturated carbocycles. The van der Waals surface area contributed by atoms with Crippen LogP contribution in [0.4, 0.5) is 5.95 Å². The van der Waals surface area contributed by atoms with Gasteiger partial charge in [-0.3, -0.25) is 4.57 Å². The Kier molecular flexibility index (Phi) is 5.32. The van der Waals surface area contributed by atoms with Crippen LogP contribution in [0.3, 0.4) is 0 Å². The molecule has 1 heterocycles. The van der Waals surface area contributed by atoms with E-state index in [0.717, 1.165) is 35.5 Å². The summed E-state index contributed by atoms with van der Waals surface area (Å²) in [7, 11) is 0. The number of hydrogen-bond donors (Lipinski definition) is 1. The van der Waals surface area contributed by atoms with Crippen LogP contribution in [0.5, 0.6) is 0 Å². The zero-order chi connectivity index (χ0) is 16.8. The van der Waals surface area contributed by atoms with E-state index in [0.29, 0.717) is 5.95 Å². The number of unbranched alkanes of at least 4 members (excludes halogenated alkanes) is 3. The largest absolute Gasteiger partial charge is 0.369 e. The van der Waals surface area contributed by atoms with E-state index in [1.165, 1.54) is 19.3 Å². The van der Waals surface area contributed by atoms with Gasteiger partial charge in [-0.2, -0.15) is 0 Å². The van der Waals surface area contributed by atoms with Crippen molar-refractivity contribution < 1.29 is 0 Å². The highest BCUT2D eigenvalue weighted by Gasteiger charge is 2.17. The third-order valence-electron chi connectivity index (χ3n) is 4.30. The molecule has 124 valence electrons. The number of aromatic nitrogens is 2. The van der Waals surface area contributed by atoms with E-state index in [1.807, 2.05) is 24.3 Å². The quantitative estimate of drug-likeness (QED) is 0.605. The Morgan fingerprint density at radius 3 is 2.21 bits per heavy atom. The SMILES string of the molecule is CCCCCCc1nc(N)n(-c2ccccc2)c1-c1ccccc1. The number of anilines is 1. The summed E-state index contributed by atoms with van der Waals surface area (Å²) in [4.78, 5) is 4.70. The number of para-hydroxylation sites is 1. The van der Waals surface area contributed by atoms with Crippen molar-refractivity contribution in [2.75, 3.05) is 5.73 Å². The van der Waals surface area contributed by atoms with Crippen LogP contribution in [0.2, 0.25) is 0 Å². The molecular weight excluding hydrogens is 294 g/mol. The molecule has 0 aliphatic carbocycles. The van der Waals surface area contributed by atoms with Crippen LogP contribution in [-0.2, 0) is 6.42 Å². The van der Waals surface area contributed by atoms with Crippen molar-refractivity contribution in [2.24, 2.45) is 0 Å². The fourth-order valence-corrected chi connectivity index (χ4v) is 3.11. The van der Waals surface area contributed by atoms with E-state index in [9.17, 15) is 0 Å². The van der Waals surface area contributed by atoms with E-state index < -0.39 is 0 Å². The van der Waals surface area contributed by atoms with Crippen molar-refractivity contribution in [3.05, 3.63) is 66.4 Å². The molecule has 24 heavy (non-hydrogen) atoms. The molecule has 0 aliphatic heterocycles. The van der Waals surface area contributed by atoms with Crippen LogP contribution in [0, 0.1) is 0 Å². The van der Waals surface area contributed by atoms with Crippen LogP contribution < -0.4 is 5.73 Å². The third-order valence-corrected chi connectivity index (χ3v) is 4.30. The van der Waals surface area contributed by atoms with Crippen LogP contribution >= 0.6 is 0 Å². The van der Waals surface area contributed by atoms with Gasteiger partial charge in [0, 0.05) is 11.3 Å². The van der Waals surface area contributed by atoms with Crippen molar-refractivity contribution in [3.63, 3.8) is 0 Å². The standard InChI is InChI=1S/C21H25N3/c1-2-3-4-11-16-19-20(17-12-7-5-8-13-17)24(21(22)23-19)18-14-9-6-10-15-18/h5-10,12-15H,2-4,11,16H2,1H3,(H2,22,23). The molecule has 3 heteroatoms. The molecule has 0 spiro atoms. The minimum atomic E-state index is 0.561. The Morgan fingerprint density at radius 1 is 0.875 bits per heavy atom. The number of hydrogen-bond acceptors (Lipinski definition) is 2. The first-order valence-electron chi connectivity index (χ1n) is 8.79. The van der Waals surface area contributed by atoms with Crippen LogP contribution in [0.1, 0.15) is 38.3 Å². The van der Waals surface area contributed by atoms with E-state index in [2.05, 4.69) is 47.9 Å². The van der Waals surface area contributed by atoms with Gasteiger partial charge in [-0.05, 0) is 25.0 Å². The van der Waals surface area contributed by atoms with Gasteiger partial charge in [-0.15, -0.1) is 0 Å². The molecule has 0 amide bonds. The predicted octanol–water partition coefficient (Wildman–Crippen LogP) is 5.24. The summed E-state index contributed by atoms with van der Waals surface area (Å²) in [5, 5.41) is 0. The summed E-state index contributed by atoms with van der Waals surface area (Å²) >= 11 is 0. The van der Waals surface area contributed by atoms with Crippen LogP contribution in [-0.4, -0.2) is 9.55 Å². The van der Waals surface area contributed by atoms with E-state index in [1.54, 1.807) is 0 Å². The Morgan fingerprint density at radius 2 is 1.54 bits per heavy atom. The molecule has 3 rings (SSSR count). The average Bonchev–Trinajstić information content (AvgIpc) is 2.96. The lowest BCUT2D eigenvalue weighted by molar-refractivity contribution is 0.662. The Hall–Kier alpha value is -2.55. The van der Waals surface area contributed by atoms with Gasteiger partial charge in [-0.1, -0.05) is 74.7 Å². The maximum Gasteiger partial charge on any atom is 0.205 e. The summed E-state index contributed by atoms with van der Waals surface area (Å²) in [6.45, 7) is 2.23. The Bertz CT molecular complexity index is 761. The summed E-state index contributed by atoms with van der Waals surface area (Å²) < 4.78 is 2.07. The van der Waals surface area contributed by atoms with Crippen LogP contribution in [0.25, 0.3) is 16.9 Å². The van der Waals surface area contributed by atoms with Crippen molar-refractivity contribution >= 4 is 5.95 Å². The molecule has 2 N–H and O–H groups in total. The monoisotopic (exact) mass is 319 g/mol. The number of imidazole rings is 1. The number of benzene rings is 2. The molecule has 3 aromatic rings. The fraction of sp³-hybridized carbons (Fsp3) is 0.286. The second kappa shape index (κ2) is 7.82. The number of nitrogens with zero attached hydrogens (tertiary/aromatic N) is 2. The average molecular weight is 319 g/mol. The Balaban J connectivity index is 2.03. The zero-order valence-electron chi connectivity index (χ0n) is 14.3. The van der Waals surface area contributed by atoms with Gasteiger partial charge in [-0.25, -0.2) is 4.98 Å². The van der Waals surface area contributed by atoms with Crippen LogP contribution in [0.15, 0.2) is 60.7 Å². The molecule has 0 bridgehead atoms. The van der Waals surface area contributed by atoms with E-state index in [4.69, 9.17) is 10.7 Å². The van der Waals surface area contributed by atoms with Gasteiger partial charge in [0.15, 0.2) is 0 Å². The maximum atomic E-state index is 6.29. The van der Waals surface area contributed by atoms with E-state index >= 15 is 0 Å². The second-order valence-electron chi connectivity index (χ2n) is 6.11. The molecular formula is C21H25N3. The van der Waals surface area contributed by atoms with Crippen molar-refractivity contribution in [1.29, 1.82) is 0 Å². The van der Waals surface area contributed by atoms with Gasteiger partial charge in [0.25, 0.3) is 0 Å². The van der Waals surface area contributed by atoms with Gasteiger partial charge in [0.2, 0.25) is 5.95 Å². The smallest absolute Gasteiger partial charge is 0.205 e. The van der Waals surface area contributed by atoms with Crippen molar-refractivity contribution in [2.45, 2.75) is 39.0 Å². The molecule has 0 radical (unpaired) electrons. The minimum absolute atomic E-state index is 0.561. The zero-order valence-corrected chi connectivity index (χ0v) is 14.3. The number of nitrogens with two attached hydrogens (primary N) is 1. The molecule has 0 saturated heterocycles.